The van der Waals surface area contributed by atoms with E-state index in [1.807, 2.05) is 12.1 Å². The normalized spacial score (nSPS) is 11.1. The minimum absolute atomic E-state index is 0.0631. The molecule has 0 aliphatic rings. The summed E-state index contributed by atoms with van der Waals surface area (Å²) in [7, 11) is 1.37. The van der Waals surface area contributed by atoms with Crippen molar-refractivity contribution in [1.29, 1.82) is 0 Å². The van der Waals surface area contributed by atoms with Crippen LogP contribution in [0.15, 0.2) is 133 Å². The van der Waals surface area contributed by atoms with Crippen molar-refractivity contribution in [3.63, 3.8) is 0 Å². The third kappa shape index (κ3) is 5.54. The quantitative estimate of drug-likeness (QED) is 0.163. The zero-order chi connectivity index (χ0) is 28.9. The average molecular weight is 572 g/mol. The number of rotatable bonds is 9. The first-order valence-electron chi connectivity index (χ1n) is 13.9. The molecule has 0 unspecified atom stereocenters. The molecule has 5 heteroatoms. The van der Waals surface area contributed by atoms with Crippen molar-refractivity contribution in [3.05, 3.63) is 161 Å². The lowest BCUT2D eigenvalue weighted by molar-refractivity contribution is 0.0600. The lowest BCUT2D eigenvalue weighted by Crippen LogP contribution is -2.14. The topological polar surface area (TPSA) is 40.5 Å². The van der Waals surface area contributed by atoms with Crippen molar-refractivity contribution in [2.75, 3.05) is 13.7 Å². The van der Waals surface area contributed by atoms with Crippen molar-refractivity contribution >= 4 is 28.5 Å². The Bertz CT molecular complexity index is 1760. The van der Waals surface area contributed by atoms with E-state index >= 15 is 0 Å². The van der Waals surface area contributed by atoms with E-state index in [-0.39, 0.29) is 12.0 Å². The summed E-state index contributed by atoms with van der Waals surface area (Å²) in [6, 6.07) is 44.9. The third-order valence-electron chi connectivity index (χ3n) is 7.50. The molecule has 0 saturated heterocycles. The molecule has 4 nitrogen and oxygen atoms in total. The summed E-state index contributed by atoms with van der Waals surface area (Å²) in [5, 5.41) is 1.79. The number of ether oxygens (including phenoxy) is 2. The second-order valence-corrected chi connectivity index (χ2v) is 10.5. The fourth-order valence-electron chi connectivity index (χ4n) is 5.62. The van der Waals surface area contributed by atoms with Crippen LogP contribution in [0.1, 0.15) is 33.1 Å². The number of carbonyl (C=O) groups excluding carboxylic acids is 1. The highest BCUT2D eigenvalue weighted by molar-refractivity contribution is 6.31. The number of hydrogen-bond donors (Lipinski definition) is 0. The molecule has 208 valence electrons. The van der Waals surface area contributed by atoms with Crippen LogP contribution in [0.25, 0.3) is 22.2 Å². The maximum Gasteiger partial charge on any atom is 0.337 e. The SMILES string of the molecule is COC(=O)c1ccc(OCCc2c(-c3ccccc3)n(C(c3ccccc3)c3ccccc3)c3ccc(Cl)cc23)cc1. The minimum atomic E-state index is -0.370. The molecule has 0 amide bonds. The fourth-order valence-corrected chi connectivity index (χ4v) is 5.79. The molecular formula is C37H30ClNO3. The Morgan fingerprint density at radius 2 is 1.36 bits per heavy atom. The van der Waals surface area contributed by atoms with E-state index in [4.69, 9.17) is 21.1 Å². The Labute approximate surface area is 250 Å². The molecule has 0 atom stereocenters. The van der Waals surface area contributed by atoms with Crippen molar-refractivity contribution in [3.8, 4) is 17.0 Å². The van der Waals surface area contributed by atoms with Gasteiger partial charge in [0, 0.05) is 22.3 Å². The number of hydrogen-bond acceptors (Lipinski definition) is 3. The summed E-state index contributed by atoms with van der Waals surface area (Å²) in [4.78, 5) is 11.8. The Morgan fingerprint density at radius 1 is 0.762 bits per heavy atom. The zero-order valence-electron chi connectivity index (χ0n) is 23.2. The summed E-state index contributed by atoms with van der Waals surface area (Å²) >= 11 is 6.62. The fraction of sp³-hybridized carbons (Fsp3) is 0.108. The summed E-state index contributed by atoms with van der Waals surface area (Å²) in [6.07, 6.45) is 0.656. The Kier molecular flexibility index (Phi) is 8.07. The molecule has 6 rings (SSSR count). The molecule has 0 N–H and O–H groups in total. The lowest BCUT2D eigenvalue weighted by Gasteiger charge is -2.25. The molecule has 5 aromatic carbocycles. The number of aromatic nitrogens is 1. The number of halogens is 1. The van der Waals surface area contributed by atoms with Gasteiger partial charge in [-0.1, -0.05) is 103 Å². The standard InChI is InChI=1S/C37H30ClNO3/c1-41-37(40)29-17-20-31(21-18-29)42-24-23-32-33-25-30(38)19-22-34(33)39(36(32)28-15-9-4-10-16-28)35(26-11-5-2-6-12-26)27-13-7-3-8-14-27/h2-22,25,35H,23-24H2,1H3. The van der Waals surface area contributed by atoms with Crippen LogP contribution in [-0.4, -0.2) is 24.3 Å². The molecular weight excluding hydrogens is 542 g/mol. The van der Waals surface area contributed by atoms with Crippen LogP contribution >= 0.6 is 11.6 Å². The minimum Gasteiger partial charge on any atom is -0.493 e. The molecule has 42 heavy (non-hydrogen) atoms. The lowest BCUT2D eigenvalue weighted by atomic mass is 9.97. The summed E-state index contributed by atoms with van der Waals surface area (Å²) in [6.45, 7) is 0.449. The molecule has 1 aromatic heterocycles. The monoisotopic (exact) mass is 571 g/mol. The predicted octanol–water partition coefficient (Wildman–Crippen LogP) is 9.01. The maximum atomic E-state index is 11.8. The van der Waals surface area contributed by atoms with Crippen molar-refractivity contribution in [2.24, 2.45) is 0 Å². The maximum absolute atomic E-state index is 11.8. The Balaban J connectivity index is 1.49. The molecule has 0 radical (unpaired) electrons. The highest BCUT2D eigenvalue weighted by atomic mass is 35.5. The highest BCUT2D eigenvalue weighted by Gasteiger charge is 2.26. The van der Waals surface area contributed by atoms with Gasteiger partial charge in [-0.15, -0.1) is 0 Å². The summed E-state index contributed by atoms with van der Waals surface area (Å²) in [5.74, 6) is 0.322. The van der Waals surface area contributed by atoms with E-state index in [0.29, 0.717) is 29.4 Å². The van der Waals surface area contributed by atoms with Crippen molar-refractivity contribution in [1.82, 2.24) is 4.57 Å². The molecule has 0 spiro atoms. The van der Waals surface area contributed by atoms with Crippen LogP contribution in [0.2, 0.25) is 5.02 Å². The van der Waals surface area contributed by atoms with Crippen LogP contribution in [0.5, 0.6) is 5.75 Å². The van der Waals surface area contributed by atoms with Crippen LogP contribution in [0, 0.1) is 0 Å². The van der Waals surface area contributed by atoms with Crippen LogP contribution < -0.4 is 4.74 Å². The first-order chi connectivity index (χ1) is 20.6. The van der Waals surface area contributed by atoms with Gasteiger partial charge in [-0.3, -0.25) is 0 Å². The molecule has 0 fully saturated rings. The van der Waals surface area contributed by atoms with E-state index in [9.17, 15) is 4.79 Å². The van der Waals surface area contributed by atoms with Gasteiger partial charge in [0.05, 0.1) is 31.0 Å². The first-order valence-corrected chi connectivity index (χ1v) is 14.3. The van der Waals surface area contributed by atoms with E-state index in [1.165, 1.54) is 23.8 Å². The molecule has 0 bridgehead atoms. The molecule has 1 heterocycles. The van der Waals surface area contributed by atoms with Crippen LogP contribution in [0.4, 0.5) is 0 Å². The molecule has 6 aromatic rings. The first kappa shape index (κ1) is 27.4. The van der Waals surface area contributed by atoms with Crippen LogP contribution in [-0.2, 0) is 11.2 Å². The number of methoxy groups -OCH3 is 1. The average Bonchev–Trinajstić information content (AvgIpc) is 3.35. The highest BCUT2D eigenvalue weighted by Crippen LogP contribution is 2.41. The van der Waals surface area contributed by atoms with Gasteiger partial charge in [-0.2, -0.15) is 0 Å². The second kappa shape index (κ2) is 12.4. The summed E-state index contributed by atoms with van der Waals surface area (Å²) < 4.78 is 13.5. The molecule has 0 aliphatic heterocycles. The van der Waals surface area contributed by atoms with E-state index < -0.39 is 0 Å². The molecule has 0 saturated carbocycles. The summed E-state index contributed by atoms with van der Waals surface area (Å²) in [5.41, 5.74) is 7.41. The second-order valence-electron chi connectivity index (χ2n) is 10.1. The van der Waals surface area contributed by atoms with E-state index in [1.54, 1.807) is 24.3 Å². The number of benzene rings is 5. The number of nitrogens with zero attached hydrogens (tertiary/aromatic N) is 1. The number of esters is 1. The largest absolute Gasteiger partial charge is 0.493 e. The van der Waals surface area contributed by atoms with Crippen molar-refractivity contribution < 1.29 is 14.3 Å². The smallest absolute Gasteiger partial charge is 0.337 e. The Hall–Kier alpha value is -4.80. The van der Waals surface area contributed by atoms with Gasteiger partial charge in [0.15, 0.2) is 0 Å². The van der Waals surface area contributed by atoms with Gasteiger partial charge in [0.25, 0.3) is 0 Å². The van der Waals surface area contributed by atoms with E-state index in [2.05, 4.69) is 102 Å². The van der Waals surface area contributed by atoms with Gasteiger partial charge >= 0.3 is 5.97 Å². The van der Waals surface area contributed by atoms with E-state index in [0.717, 1.165) is 22.2 Å². The Morgan fingerprint density at radius 3 is 1.95 bits per heavy atom. The van der Waals surface area contributed by atoms with Crippen LogP contribution in [0.3, 0.4) is 0 Å². The van der Waals surface area contributed by atoms with Gasteiger partial charge in [0.1, 0.15) is 5.75 Å². The van der Waals surface area contributed by atoms with Gasteiger partial charge in [0.2, 0.25) is 0 Å². The third-order valence-corrected chi connectivity index (χ3v) is 7.74. The number of fused-ring (bicyclic) bond motifs is 1. The van der Waals surface area contributed by atoms with Crippen molar-refractivity contribution in [2.45, 2.75) is 12.5 Å². The van der Waals surface area contributed by atoms with Gasteiger partial charge in [-0.05, 0) is 64.7 Å². The zero-order valence-corrected chi connectivity index (χ0v) is 24.0. The number of carbonyl (C=O) groups is 1. The molecule has 0 aliphatic carbocycles. The van der Waals surface area contributed by atoms with Gasteiger partial charge in [-0.25, -0.2) is 4.79 Å². The van der Waals surface area contributed by atoms with Gasteiger partial charge < -0.3 is 14.0 Å². The predicted molar refractivity (Wildman–Crippen MR) is 169 cm³/mol.